The Morgan fingerprint density at radius 3 is 2.62 bits per heavy atom. The van der Waals surface area contributed by atoms with Crippen LogP contribution in [0.25, 0.3) is 0 Å². The van der Waals surface area contributed by atoms with Crippen molar-refractivity contribution in [3.63, 3.8) is 0 Å². The molecule has 1 aliphatic heterocycles. The van der Waals surface area contributed by atoms with Gasteiger partial charge in [-0.25, -0.2) is 4.39 Å². The summed E-state index contributed by atoms with van der Waals surface area (Å²) in [6.45, 7) is 1.23. The number of nitrogens with zero attached hydrogens (tertiary/aromatic N) is 1. The third-order valence-corrected chi connectivity index (χ3v) is 3.12. The fourth-order valence-corrected chi connectivity index (χ4v) is 2.08. The van der Waals surface area contributed by atoms with Gasteiger partial charge in [0.1, 0.15) is 5.82 Å². The van der Waals surface area contributed by atoms with E-state index in [2.05, 4.69) is 5.32 Å². The van der Waals surface area contributed by atoms with Crippen molar-refractivity contribution in [1.82, 2.24) is 0 Å². The lowest BCUT2D eigenvalue weighted by molar-refractivity contribution is 0.297. The number of benzene rings is 2. The third kappa shape index (κ3) is 2.90. The number of anilines is 2. The number of fused-ring (bicyclic) bond motifs is 1. The van der Waals surface area contributed by atoms with Crippen LogP contribution in [0.4, 0.5) is 15.8 Å². The van der Waals surface area contributed by atoms with Crippen molar-refractivity contribution in [2.24, 2.45) is 0 Å². The van der Waals surface area contributed by atoms with E-state index in [4.69, 9.17) is 14.7 Å². The first-order valence-corrected chi connectivity index (χ1v) is 6.62. The minimum Gasteiger partial charge on any atom is -0.490 e. The van der Waals surface area contributed by atoms with Gasteiger partial charge in [-0.3, -0.25) is 0 Å². The summed E-state index contributed by atoms with van der Waals surface area (Å²) in [7, 11) is 0. The Morgan fingerprint density at radius 1 is 1.05 bits per heavy atom. The number of halogens is 1. The lowest BCUT2D eigenvalue weighted by Gasteiger charge is -2.11. The van der Waals surface area contributed by atoms with Crippen LogP contribution in [-0.4, -0.2) is 13.2 Å². The maximum Gasteiger partial charge on any atom is 0.163 e. The summed E-state index contributed by atoms with van der Waals surface area (Å²) >= 11 is 0. The molecule has 0 unspecified atom stereocenters. The van der Waals surface area contributed by atoms with E-state index < -0.39 is 5.82 Å². The average Bonchev–Trinajstić information content (AvgIpc) is 2.74. The molecule has 2 aromatic rings. The third-order valence-electron chi connectivity index (χ3n) is 3.12. The van der Waals surface area contributed by atoms with Crippen LogP contribution in [0, 0.1) is 17.1 Å². The lowest BCUT2D eigenvalue weighted by atomic mass is 10.2. The molecule has 0 radical (unpaired) electrons. The van der Waals surface area contributed by atoms with Gasteiger partial charge < -0.3 is 14.8 Å². The summed E-state index contributed by atoms with van der Waals surface area (Å²) in [5, 5.41) is 11.7. The SMILES string of the molecule is N#Cc1ccc(Nc2ccc3c(c2)OCCCO3)c(F)c1. The Balaban J connectivity index is 1.85. The smallest absolute Gasteiger partial charge is 0.163 e. The molecule has 1 aliphatic rings. The van der Waals surface area contributed by atoms with Crippen molar-refractivity contribution in [1.29, 1.82) is 5.26 Å². The number of rotatable bonds is 2. The Labute approximate surface area is 121 Å². The number of nitriles is 1. The molecular weight excluding hydrogens is 271 g/mol. The molecule has 106 valence electrons. The van der Waals surface area contributed by atoms with Crippen molar-refractivity contribution in [3.8, 4) is 17.6 Å². The topological polar surface area (TPSA) is 54.3 Å². The average molecular weight is 284 g/mol. The van der Waals surface area contributed by atoms with Crippen LogP contribution in [0.2, 0.25) is 0 Å². The summed E-state index contributed by atoms with van der Waals surface area (Å²) in [5.74, 6) is 0.867. The zero-order valence-electron chi connectivity index (χ0n) is 11.2. The van der Waals surface area contributed by atoms with E-state index in [1.807, 2.05) is 6.07 Å². The molecule has 0 atom stereocenters. The predicted molar refractivity (Wildman–Crippen MR) is 76.4 cm³/mol. The molecular formula is C16H13FN2O2. The van der Waals surface area contributed by atoms with Crippen molar-refractivity contribution in [2.45, 2.75) is 6.42 Å². The first kappa shape index (κ1) is 13.3. The van der Waals surface area contributed by atoms with Gasteiger partial charge in [0, 0.05) is 18.2 Å². The van der Waals surface area contributed by atoms with Gasteiger partial charge >= 0.3 is 0 Å². The standard InChI is InChI=1S/C16H13FN2O2/c17-13-8-11(10-18)2-4-14(13)19-12-3-5-15-16(9-12)21-7-1-6-20-15/h2-5,8-9,19H,1,6-7H2. The molecule has 1 N–H and O–H groups in total. The molecule has 0 amide bonds. The fraction of sp³-hybridized carbons (Fsp3) is 0.188. The molecule has 0 saturated heterocycles. The fourth-order valence-electron chi connectivity index (χ4n) is 2.08. The van der Waals surface area contributed by atoms with E-state index >= 15 is 0 Å². The normalized spacial score (nSPS) is 13.1. The van der Waals surface area contributed by atoms with Gasteiger partial charge in [-0.1, -0.05) is 0 Å². The number of ether oxygens (including phenoxy) is 2. The monoisotopic (exact) mass is 284 g/mol. The van der Waals surface area contributed by atoms with Crippen molar-refractivity contribution >= 4 is 11.4 Å². The summed E-state index contributed by atoms with van der Waals surface area (Å²) in [6, 6.07) is 11.6. The molecule has 1 heterocycles. The number of hydrogen-bond donors (Lipinski definition) is 1. The van der Waals surface area contributed by atoms with Gasteiger partial charge in [0.25, 0.3) is 0 Å². The van der Waals surface area contributed by atoms with Crippen LogP contribution in [-0.2, 0) is 0 Å². The van der Waals surface area contributed by atoms with Gasteiger partial charge in [0.2, 0.25) is 0 Å². The van der Waals surface area contributed by atoms with E-state index in [-0.39, 0.29) is 5.56 Å². The minimum atomic E-state index is -0.471. The highest BCUT2D eigenvalue weighted by Gasteiger charge is 2.11. The maximum absolute atomic E-state index is 13.9. The molecule has 0 aromatic heterocycles. The molecule has 2 aromatic carbocycles. The largest absolute Gasteiger partial charge is 0.490 e. The van der Waals surface area contributed by atoms with Crippen LogP contribution in [0.5, 0.6) is 11.5 Å². The van der Waals surface area contributed by atoms with Gasteiger partial charge in [-0.15, -0.1) is 0 Å². The van der Waals surface area contributed by atoms with Gasteiger partial charge in [-0.2, -0.15) is 5.26 Å². The number of hydrogen-bond acceptors (Lipinski definition) is 4. The van der Waals surface area contributed by atoms with E-state index in [1.165, 1.54) is 12.1 Å². The Morgan fingerprint density at radius 2 is 1.86 bits per heavy atom. The Hall–Kier alpha value is -2.74. The Kier molecular flexibility index (Phi) is 3.61. The summed E-state index contributed by atoms with van der Waals surface area (Å²) in [5.41, 5.74) is 1.29. The van der Waals surface area contributed by atoms with Crippen molar-refractivity contribution in [2.75, 3.05) is 18.5 Å². The van der Waals surface area contributed by atoms with Crippen molar-refractivity contribution < 1.29 is 13.9 Å². The molecule has 4 nitrogen and oxygen atoms in total. The molecule has 0 aliphatic carbocycles. The molecule has 0 fully saturated rings. The molecule has 0 bridgehead atoms. The maximum atomic E-state index is 13.9. The predicted octanol–water partition coefficient (Wildman–Crippen LogP) is 3.60. The Bertz CT molecular complexity index is 710. The lowest BCUT2D eigenvalue weighted by Crippen LogP contribution is -1.97. The minimum absolute atomic E-state index is 0.289. The number of nitrogens with one attached hydrogen (secondary N) is 1. The summed E-state index contributed by atoms with van der Waals surface area (Å²) < 4.78 is 25.0. The molecule has 21 heavy (non-hydrogen) atoms. The highest BCUT2D eigenvalue weighted by molar-refractivity contribution is 5.64. The van der Waals surface area contributed by atoms with Crippen LogP contribution < -0.4 is 14.8 Å². The summed E-state index contributed by atoms with van der Waals surface area (Å²) in [6.07, 6.45) is 0.835. The van der Waals surface area contributed by atoms with Gasteiger partial charge in [0.15, 0.2) is 11.5 Å². The molecule has 0 saturated carbocycles. The van der Waals surface area contributed by atoms with E-state index in [0.29, 0.717) is 36.1 Å². The zero-order valence-corrected chi connectivity index (χ0v) is 11.2. The second-order valence-corrected chi connectivity index (χ2v) is 4.64. The van der Waals surface area contributed by atoms with Crippen LogP contribution in [0.15, 0.2) is 36.4 Å². The zero-order chi connectivity index (χ0) is 14.7. The summed E-state index contributed by atoms with van der Waals surface area (Å²) in [4.78, 5) is 0. The quantitative estimate of drug-likeness (QED) is 0.915. The highest BCUT2D eigenvalue weighted by Crippen LogP contribution is 2.33. The molecule has 0 spiro atoms. The first-order valence-electron chi connectivity index (χ1n) is 6.62. The van der Waals surface area contributed by atoms with Gasteiger partial charge in [-0.05, 0) is 30.3 Å². The van der Waals surface area contributed by atoms with Crippen molar-refractivity contribution in [3.05, 3.63) is 47.8 Å². The first-order chi connectivity index (χ1) is 10.3. The second kappa shape index (κ2) is 5.71. The molecule has 5 heteroatoms. The highest BCUT2D eigenvalue weighted by atomic mass is 19.1. The van der Waals surface area contributed by atoms with E-state index in [1.54, 1.807) is 24.3 Å². The van der Waals surface area contributed by atoms with Crippen LogP contribution >= 0.6 is 0 Å². The van der Waals surface area contributed by atoms with E-state index in [0.717, 1.165) is 6.42 Å². The van der Waals surface area contributed by atoms with Gasteiger partial charge in [0.05, 0.1) is 30.5 Å². The molecule has 3 rings (SSSR count). The van der Waals surface area contributed by atoms with E-state index in [9.17, 15) is 4.39 Å². The van der Waals surface area contributed by atoms with Crippen LogP contribution in [0.1, 0.15) is 12.0 Å². The second-order valence-electron chi connectivity index (χ2n) is 4.64. The van der Waals surface area contributed by atoms with Crippen LogP contribution in [0.3, 0.4) is 0 Å².